The Balaban J connectivity index is 0.00000200. The van der Waals surface area contributed by atoms with E-state index in [1.807, 2.05) is 20.0 Å². The highest BCUT2D eigenvalue weighted by Gasteiger charge is 2.19. The van der Waals surface area contributed by atoms with E-state index >= 15 is 0 Å². The Hall–Kier alpha value is -0.840. The van der Waals surface area contributed by atoms with Gasteiger partial charge in [-0.1, -0.05) is 0 Å². The van der Waals surface area contributed by atoms with E-state index in [2.05, 4.69) is 21.3 Å². The molecule has 1 aliphatic heterocycles. The average Bonchev–Trinajstić information content (AvgIpc) is 2.39. The van der Waals surface area contributed by atoms with Gasteiger partial charge in [0.05, 0.1) is 12.8 Å². The first-order chi connectivity index (χ1) is 9.21. The van der Waals surface area contributed by atoms with Crippen LogP contribution in [0.15, 0.2) is 12.1 Å². The van der Waals surface area contributed by atoms with Crippen molar-refractivity contribution in [3.63, 3.8) is 0 Å². The number of pyridine rings is 1. The monoisotopic (exact) mass is 299 g/mol. The van der Waals surface area contributed by atoms with Gasteiger partial charge >= 0.3 is 0 Å². The van der Waals surface area contributed by atoms with Gasteiger partial charge in [0.15, 0.2) is 0 Å². The lowest BCUT2D eigenvalue weighted by Crippen LogP contribution is -2.38. The second-order valence-electron chi connectivity index (χ2n) is 5.44. The molecule has 1 aromatic rings. The molecule has 1 atom stereocenters. The van der Waals surface area contributed by atoms with Gasteiger partial charge in [0.2, 0.25) is 0 Å². The standard InChI is InChI=1S/C15H25N3O.ClH/c1-12-7-15(19-3)8-14(17-12)11-18-6-4-5-13(10-18)9-16-2;/h7-8,13,16H,4-6,9-11H2,1-3H3;1H. The highest BCUT2D eigenvalue weighted by Crippen LogP contribution is 2.19. The van der Waals surface area contributed by atoms with E-state index in [0.29, 0.717) is 0 Å². The van der Waals surface area contributed by atoms with Gasteiger partial charge in [-0.05, 0) is 45.8 Å². The number of likely N-dealkylation sites (tertiary alicyclic amines) is 1. The van der Waals surface area contributed by atoms with Crippen LogP contribution in [0.2, 0.25) is 0 Å². The maximum atomic E-state index is 5.32. The summed E-state index contributed by atoms with van der Waals surface area (Å²) in [5.74, 6) is 1.68. The summed E-state index contributed by atoms with van der Waals surface area (Å²) in [5.41, 5.74) is 2.14. The minimum Gasteiger partial charge on any atom is -0.497 e. The van der Waals surface area contributed by atoms with Crippen LogP contribution in [0.5, 0.6) is 5.75 Å². The zero-order valence-electron chi connectivity index (χ0n) is 12.7. The number of ether oxygens (including phenoxy) is 1. The molecule has 5 heteroatoms. The van der Waals surface area contributed by atoms with Crippen LogP contribution in [0.3, 0.4) is 0 Å². The summed E-state index contributed by atoms with van der Waals surface area (Å²) in [6, 6.07) is 4.03. The molecule has 0 radical (unpaired) electrons. The van der Waals surface area contributed by atoms with Crippen LogP contribution in [0, 0.1) is 12.8 Å². The molecule has 1 N–H and O–H groups in total. The van der Waals surface area contributed by atoms with Crippen LogP contribution in [0.25, 0.3) is 0 Å². The minimum absolute atomic E-state index is 0. The molecular weight excluding hydrogens is 274 g/mol. The van der Waals surface area contributed by atoms with Crippen LogP contribution < -0.4 is 10.1 Å². The molecular formula is C15H26ClN3O. The van der Waals surface area contributed by atoms with Crippen molar-refractivity contribution in [1.82, 2.24) is 15.2 Å². The number of hydrogen-bond donors (Lipinski definition) is 1. The van der Waals surface area contributed by atoms with E-state index < -0.39 is 0 Å². The Morgan fingerprint density at radius 3 is 2.95 bits per heavy atom. The Morgan fingerprint density at radius 1 is 1.45 bits per heavy atom. The summed E-state index contributed by atoms with van der Waals surface area (Å²) in [6.07, 6.45) is 2.62. The third kappa shape index (κ3) is 4.93. The highest BCUT2D eigenvalue weighted by molar-refractivity contribution is 5.85. The van der Waals surface area contributed by atoms with Gasteiger partial charge < -0.3 is 10.1 Å². The molecule has 114 valence electrons. The van der Waals surface area contributed by atoms with Crippen LogP contribution in [0.4, 0.5) is 0 Å². The van der Waals surface area contributed by atoms with Gasteiger partial charge in [-0.3, -0.25) is 9.88 Å². The number of rotatable bonds is 5. The molecule has 1 unspecified atom stereocenters. The number of methoxy groups -OCH3 is 1. The second kappa shape index (κ2) is 8.45. The fourth-order valence-electron chi connectivity index (χ4n) is 2.88. The Kier molecular flexibility index (Phi) is 7.27. The molecule has 0 bridgehead atoms. The first-order valence-corrected chi connectivity index (χ1v) is 7.09. The summed E-state index contributed by atoms with van der Waals surface area (Å²) < 4.78 is 5.32. The van der Waals surface area contributed by atoms with E-state index in [-0.39, 0.29) is 12.4 Å². The van der Waals surface area contributed by atoms with E-state index in [1.54, 1.807) is 7.11 Å². The highest BCUT2D eigenvalue weighted by atomic mass is 35.5. The summed E-state index contributed by atoms with van der Waals surface area (Å²) in [7, 11) is 3.74. The molecule has 0 spiro atoms. The normalized spacial score (nSPS) is 19.4. The number of aryl methyl sites for hydroxylation is 1. The average molecular weight is 300 g/mol. The zero-order valence-corrected chi connectivity index (χ0v) is 13.5. The van der Waals surface area contributed by atoms with Gasteiger partial charge in [0.25, 0.3) is 0 Å². The van der Waals surface area contributed by atoms with E-state index in [4.69, 9.17) is 4.74 Å². The van der Waals surface area contributed by atoms with E-state index in [0.717, 1.165) is 36.1 Å². The van der Waals surface area contributed by atoms with Crippen LogP contribution in [0.1, 0.15) is 24.2 Å². The Labute approximate surface area is 128 Å². The zero-order chi connectivity index (χ0) is 13.7. The van der Waals surface area contributed by atoms with Gasteiger partial charge in [-0.25, -0.2) is 0 Å². The molecule has 4 nitrogen and oxygen atoms in total. The molecule has 20 heavy (non-hydrogen) atoms. The number of aromatic nitrogens is 1. The Morgan fingerprint density at radius 2 is 2.25 bits per heavy atom. The summed E-state index contributed by atoms with van der Waals surface area (Å²) in [6.45, 7) is 6.41. The van der Waals surface area contributed by atoms with Crippen molar-refractivity contribution in [3.8, 4) is 5.75 Å². The number of hydrogen-bond acceptors (Lipinski definition) is 4. The van der Waals surface area contributed by atoms with Crippen molar-refractivity contribution in [2.24, 2.45) is 5.92 Å². The third-order valence-corrected chi connectivity index (χ3v) is 3.70. The quantitative estimate of drug-likeness (QED) is 0.905. The lowest BCUT2D eigenvalue weighted by Gasteiger charge is -2.32. The largest absolute Gasteiger partial charge is 0.497 e. The van der Waals surface area contributed by atoms with E-state index in [1.165, 1.54) is 25.9 Å². The van der Waals surface area contributed by atoms with Gasteiger partial charge in [0.1, 0.15) is 5.75 Å². The van der Waals surface area contributed by atoms with Crippen LogP contribution in [-0.4, -0.2) is 43.7 Å². The summed E-state index contributed by atoms with van der Waals surface area (Å²) in [5, 5.41) is 3.29. The molecule has 0 amide bonds. The second-order valence-corrected chi connectivity index (χ2v) is 5.44. The van der Waals surface area contributed by atoms with Crippen LogP contribution in [-0.2, 0) is 6.54 Å². The molecule has 2 heterocycles. The van der Waals surface area contributed by atoms with Crippen LogP contribution >= 0.6 is 12.4 Å². The number of halogens is 1. The molecule has 0 aromatic carbocycles. The lowest BCUT2D eigenvalue weighted by atomic mass is 9.98. The molecule has 0 saturated carbocycles. The van der Waals surface area contributed by atoms with Crippen molar-refractivity contribution in [2.75, 3.05) is 33.8 Å². The molecule has 1 aromatic heterocycles. The molecule has 0 aliphatic carbocycles. The number of nitrogens with one attached hydrogen (secondary N) is 1. The van der Waals surface area contributed by atoms with Crippen molar-refractivity contribution >= 4 is 12.4 Å². The third-order valence-electron chi connectivity index (χ3n) is 3.70. The predicted octanol–water partition coefficient (Wildman–Crippen LogP) is 2.25. The first kappa shape index (κ1) is 17.2. The van der Waals surface area contributed by atoms with Gasteiger partial charge in [-0.15, -0.1) is 12.4 Å². The molecule has 1 saturated heterocycles. The molecule has 1 fully saturated rings. The lowest BCUT2D eigenvalue weighted by molar-refractivity contribution is 0.165. The molecule has 1 aliphatic rings. The summed E-state index contributed by atoms with van der Waals surface area (Å²) >= 11 is 0. The van der Waals surface area contributed by atoms with Crippen molar-refractivity contribution < 1.29 is 4.74 Å². The fraction of sp³-hybridized carbons (Fsp3) is 0.667. The fourth-order valence-corrected chi connectivity index (χ4v) is 2.88. The van der Waals surface area contributed by atoms with Gasteiger partial charge in [0, 0.05) is 30.9 Å². The first-order valence-electron chi connectivity index (χ1n) is 7.09. The van der Waals surface area contributed by atoms with Crippen molar-refractivity contribution in [2.45, 2.75) is 26.3 Å². The topological polar surface area (TPSA) is 37.4 Å². The number of nitrogens with zero attached hydrogens (tertiary/aromatic N) is 2. The smallest absolute Gasteiger partial charge is 0.122 e. The van der Waals surface area contributed by atoms with Gasteiger partial charge in [-0.2, -0.15) is 0 Å². The summed E-state index contributed by atoms with van der Waals surface area (Å²) in [4.78, 5) is 7.12. The maximum absolute atomic E-state index is 5.32. The number of piperidine rings is 1. The van der Waals surface area contributed by atoms with E-state index in [9.17, 15) is 0 Å². The maximum Gasteiger partial charge on any atom is 0.122 e. The minimum atomic E-state index is 0. The Bertz CT molecular complexity index is 412. The SMILES string of the molecule is CNCC1CCCN(Cc2cc(OC)cc(C)n2)C1.Cl. The van der Waals surface area contributed by atoms with Crippen molar-refractivity contribution in [3.05, 3.63) is 23.5 Å². The predicted molar refractivity (Wildman–Crippen MR) is 84.7 cm³/mol. The van der Waals surface area contributed by atoms with Crippen molar-refractivity contribution in [1.29, 1.82) is 0 Å². The molecule has 2 rings (SSSR count).